The quantitative estimate of drug-likeness (QED) is 0.291. The summed E-state index contributed by atoms with van der Waals surface area (Å²) in [5.41, 5.74) is 1.97. The summed E-state index contributed by atoms with van der Waals surface area (Å²) in [5, 5.41) is 5.12. The van der Waals surface area contributed by atoms with Crippen molar-refractivity contribution in [2.24, 2.45) is 0 Å². The molecule has 218 valence electrons. The minimum Gasteiger partial charge on any atom is -0.453 e. The van der Waals surface area contributed by atoms with E-state index in [1.54, 1.807) is 0 Å². The average molecular weight is 563 g/mol. The molecule has 0 fully saturated rings. The van der Waals surface area contributed by atoms with Gasteiger partial charge in [0.1, 0.15) is 11.6 Å². The van der Waals surface area contributed by atoms with Gasteiger partial charge in [-0.15, -0.1) is 0 Å². The first-order valence-corrected chi connectivity index (χ1v) is 13.6. The molecule has 0 aromatic heterocycles. The van der Waals surface area contributed by atoms with Gasteiger partial charge in [0, 0.05) is 24.1 Å². The molecule has 8 nitrogen and oxygen atoms in total. The van der Waals surface area contributed by atoms with Gasteiger partial charge in [-0.25, -0.2) is 9.59 Å². The van der Waals surface area contributed by atoms with Crippen molar-refractivity contribution in [3.63, 3.8) is 0 Å². The largest absolute Gasteiger partial charge is 0.453 e. The second kappa shape index (κ2) is 23.8. The third kappa shape index (κ3) is 18.5. The van der Waals surface area contributed by atoms with E-state index in [1.807, 2.05) is 88.4 Å². The second-order valence-corrected chi connectivity index (χ2v) is 8.57. The number of hydrogen-bond donors (Lipinski definition) is 3. The number of carbonyl (C=O) groups excluding carboxylic acids is 4. The van der Waals surface area contributed by atoms with Crippen LogP contribution in [0.5, 0.6) is 0 Å². The molecular weight excluding hydrogens is 516 g/mol. The Morgan fingerprint density at radius 1 is 0.718 bits per heavy atom. The van der Waals surface area contributed by atoms with Gasteiger partial charge in [0.2, 0.25) is 0 Å². The maximum Gasteiger partial charge on any atom is 0.407 e. The van der Waals surface area contributed by atoms with Crippen LogP contribution in [-0.2, 0) is 25.5 Å². The van der Waals surface area contributed by atoms with Crippen molar-refractivity contribution in [1.82, 2.24) is 10.6 Å². The van der Waals surface area contributed by atoms with E-state index in [4.69, 9.17) is 0 Å². The van der Waals surface area contributed by atoms with E-state index < -0.39 is 12.2 Å². The number of ether oxygens (including phenoxy) is 2. The van der Waals surface area contributed by atoms with Crippen LogP contribution in [-0.4, -0.2) is 49.3 Å². The molecule has 0 spiro atoms. The first kappa shape index (κ1) is 37.8. The van der Waals surface area contributed by atoms with Crippen molar-refractivity contribution >= 4 is 36.4 Å². The van der Waals surface area contributed by atoms with E-state index in [0.717, 1.165) is 11.1 Å². The molecule has 2 N–H and O–H groups in total. The monoisotopic (exact) mass is 562 g/mol. The standard InChI is InChI=1S/C14H19NO3S.C12H15NO3.2C2H6/c1-10(16)8-13(19)12(15-14(17)18-2)9-11-6-4-3-5-7-11;1-9(14)8-11(13-12(15)16-2)10-6-4-3-5-7-10;2*1-2/h3-7,12-13,19H,8-9H2,1-2H3,(H,15,17);3-7,11H,8H2,1-2H3,(H,13,15);2*1-2H3. The zero-order chi connectivity index (χ0) is 30.2. The van der Waals surface area contributed by atoms with Crippen LogP contribution in [0.3, 0.4) is 0 Å². The van der Waals surface area contributed by atoms with E-state index in [1.165, 1.54) is 28.1 Å². The highest BCUT2D eigenvalue weighted by Gasteiger charge is 2.22. The van der Waals surface area contributed by atoms with Gasteiger partial charge >= 0.3 is 12.2 Å². The van der Waals surface area contributed by atoms with Gasteiger partial charge in [-0.05, 0) is 31.4 Å². The highest BCUT2D eigenvalue weighted by Crippen LogP contribution is 2.17. The van der Waals surface area contributed by atoms with Gasteiger partial charge in [-0.3, -0.25) is 9.59 Å². The van der Waals surface area contributed by atoms with Gasteiger partial charge in [0.15, 0.2) is 0 Å². The minimum atomic E-state index is -0.532. The fourth-order valence-electron chi connectivity index (χ4n) is 3.22. The Morgan fingerprint density at radius 2 is 1.15 bits per heavy atom. The summed E-state index contributed by atoms with van der Waals surface area (Å²) >= 11 is 4.42. The summed E-state index contributed by atoms with van der Waals surface area (Å²) in [6.45, 7) is 11.0. The van der Waals surface area contributed by atoms with Crippen molar-refractivity contribution in [2.75, 3.05) is 14.2 Å². The fourth-order valence-corrected chi connectivity index (χ4v) is 3.66. The van der Waals surface area contributed by atoms with Crippen LogP contribution in [0, 0.1) is 0 Å². The summed E-state index contributed by atoms with van der Waals surface area (Å²) in [6, 6.07) is 18.5. The van der Waals surface area contributed by atoms with Gasteiger partial charge in [0.05, 0.1) is 20.3 Å². The molecule has 3 unspecified atom stereocenters. The number of rotatable bonds is 10. The Morgan fingerprint density at radius 3 is 1.59 bits per heavy atom. The van der Waals surface area contributed by atoms with Crippen molar-refractivity contribution < 1.29 is 28.7 Å². The van der Waals surface area contributed by atoms with Crippen LogP contribution in [0.4, 0.5) is 9.59 Å². The Labute approximate surface area is 239 Å². The molecule has 0 heterocycles. The smallest absolute Gasteiger partial charge is 0.407 e. The number of amides is 2. The van der Waals surface area contributed by atoms with Crippen LogP contribution in [0.25, 0.3) is 0 Å². The Balaban J connectivity index is 0. The second-order valence-electron chi connectivity index (χ2n) is 7.91. The summed E-state index contributed by atoms with van der Waals surface area (Å²) in [6.07, 6.45) is 0.139. The Hall–Kier alpha value is -3.33. The molecule has 2 aromatic carbocycles. The van der Waals surface area contributed by atoms with Crippen LogP contribution < -0.4 is 10.6 Å². The van der Waals surface area contributed by atoms with E-state index in [0.29, 0.717) is 12.8 Å². The number of ketones is 2. The van der Waals surface area contributed by atoms with Crippen LogP contribution >= 0.6 is 12.6 Å². The van der Waals surface area contributed by atoms with Gasteiger partial charge in [-0.2, -0.15) is 12.6 Å². The van der Waals surface area contributed by atoms with Crippen molar-refractivity contribution in [1.29, 1.82) is 0 Å². The summed E-state index contributed by atoms with van der Waals surface area (Å²) in [5.74, 6) is 0.0648. The summed E-state index contributed by atoms with van der Waals surface area (Å²) in [7, 11) is 2.61. The van der Waals surface area contributed by atoms with Crippen LogP contribution in [0.2, 0.25) is 0 Å². The molecule has 2 amide bonds. The molecule has 9 heteroatoms. The Bertz CT molecular complexity index is 941. The molecule has 0 aliphatic carbocycles. The van der Waals surface area contributed by atoms with Gasteiger partial charge in [-0.1, -0.05) is 88.4 Å². The number of alkyl carbamates (subject to hydrolysis) is 2. The number of methoxy groups -OCH3 is 2. The number of thiol groups is 1. The van der Waals surface area contributed by atoms with Gasteiger partial charge < -0.3 is 20.1 Å². The zero-order valence-electron chi connectivity index (χ0n) is 24.5. The van der Waals surface area contributed by atoms with Crippen molar-refractivity contribution in [3.8, 4) is 0 Å². The lowest BCUT2D eigenvalue weighted by molar-refractivity contribution is -0.118. The highest BCUT2D eigenvalue weighted by molar-refractivity contribution is 7.81. The normalized spacial score (nSPS) is 11.6. The molecule has 0 bridgehead atoms. The SMILES string of the molecule is CC.CC.COC(=O)NC(CC(C)=O)c1ccccc1.COC(=O)NC(Cc1ccccc1)C(S)CC(C)=O. The molecule has 3 atom stereocenters. The first-order valence-electron chi connectivity index (χ1n) is 13.1. The van der Waals surface area contributed by atoms with Crippen molar-refractivity contribution in [3.05, 3.63) is 71.8 Å². The summed E-state index contributed by atoms with van der Waals surface area (Å²) in [4.78, 5) is 44.8. The predicted molar refractivity (Wildman–Crippen MR) is 160 cm³/mol. The number of benzene rings is 2. The topological polar surface area (TPSA) is 111 Å². The van der Waals surface area contributed by atoms with Crippen LogP contribution in [0.15, 0.2) is 60.7 Å². The number of carbonyl (C=O) groups is 4. The third-order valence-corrected chi connectivity index (χ3v) is 5.46. The fraction of sp³-hybridized carbons (Fsp3) is 0.467. The number of Topliss-reactive ketones (excluding diaryl/α,β-unsaturated/α-hetero) is 2. The first-order chi connectivity index (χ1) is 18.7. The molecule has 0 radical (unpaired) electrons. The zero-order valence-corrected chi connectivity index (χ0v) is 25.4. The molecule has 2 aromatic rings. The predicted octanol–water partition coefficient (Wildman–Crippen LogP) is 6.35. The van der Waals surface area contributed by atoms with Crippen LogP contribution in [0.1, 0.15) is 71.6 Å². The maximum atomic E-state index is 11.4. The van der Waals surface area contributed by atoms with Crippen molar-refractivity contribution in [2.45, 2.75) is 78.1 Å². The lowest BCUT2D eigenvalue weighted by atomic mass is 10.0. The molecule has 0 saturated heterocycles. The van der Waals surface area contributed by atoms with Gasteiger partial charge in [0.25, 0.3) is 0 Å². The lowest BCUT2D eigenvalue weighted by Gasteiger charge is -2.23. The molecule has 2 rings (SSSR count). The lowest BCUT2D eigenvalue weighted by Crippen LogP contribution is -2.43. The number of nitrogens with one attached hydrogen (secondary N) is 2. The molecule has 0 aliphatic heterocycles. The highest BCUT2D eigenvalue weighted by atomic mass is 32.1. The Kier molecular flexibility index (Phi) is 23.0. The molecular formula is C30H46N2O6S. The molecule has 39 heavy (non-hydrogen) atoms. The molecule has 0 saturated carbocycles. The molecule has 0 aliphatic rings. The van der Waals surface area contributed by atoms with E-state index in [2.05, 4.69) is 32.7 Å². The van der Waals surface area contributed by atoms with E-state index >= 15 is 0 Å². The summed E-state index contributed by atoms with van der Waals surface area (Å²) < 4.78 is 9.13. The maximum absolute atomic E-state index is 11.4. The third-order valence-electron chi connectivity index (χ3n) is 4.92. The van der Waals surface area contributed by atoms with E-state index in [-0.39, 0.29) is 35.3 Å². The van der Waals surface area contributed by atoms with E-state index in [9.17, 15) is 19.2 Å². The average Bonchev–Trinajstić information content (AvgIpc) is 2.95. The minimum absolute atomic E-state index is 0.0188. The number of hydrogen-bond acceptors (Lipinski definition) is 7.